The smallest absolute Gasteiger partial charge is 0.151 e. The molecule has 0 aliphatic carbocycles. The maximum absolute atomic E-state index is 13.0. The van der Waals surface area contributed by atoms with Crippen LogP contribution in [-0.2, 0) is 0 Å². The number of phenols is 1. The summed E-state index contributed by atoms with van der Waals surface area (Å²) in [5.41, 5.74) is 0.346. The minimum atomic E-state index is -0.666. The number of rotatable bonds is 1. The number of hydrogen-bond acceptors (Lipinski definition) is 2. The van der Waals surface area contributed by atoms with Gasteiger partial charge in [0.05, 0.1) is 21.3 Å². The first kappa shape index (κ1) is 10.5. The summed E-state index contributed by atoms with van der Waals surface area (Å²) < 4.78 is 18.8. The molecule has 1 aromatic heterocycles. The number of hydrogen-bond donors (Lipinski definition) is 1. The minimum Gasteiger partial charge on any atom is -0.507 e. The molecule has 0 unspecified atom stereocenters. The predicted octanol–water partition coefficient (Wildman–Crippen LogP) is 4.21. The van der Waals surface area contributed by atoms with Gasteiger partial charge in [-0.2, -0.15) is 0 Å². The van der Waals surface area contributed by atoms with E-state index in [1.807, 2.05) is 0 Å². The Hall–Kier alpha value is -1.00. The molecule has 2 aromatic rings. The molecule has 0 aliphatic rings. The quantitative estimate of drug-likeness (QED) is 0.854. The van der Waals surface area contributed by atoms with Gasteiger partial charge in [0.25, 0.3) is 0 Å². The second-order valence-electron chi connectivity index (χ2n) is 2.88. The van der Waals surface area contributed by atoms with E-state index in [-0.39, 0.29) is 10.8 Å². The molecule has 2 rings (SSSR count). The number of benzene rings is 1. The maximum atomic E-state index is 13.0. The topological polar surface area (TPSA) is 33.4 Å². The van der Waals surface area contributed by atoms with Gasteiger partial charge < -0.3 is 9.52 Å². The van der Waals surface area contributed by atoms with E-state index < -0.39 is 5.82 Å². The van der Waals surface area contributed by atoms with Crippen LogP contribution in [0.5, 0.6) is 5.75 Å². The molecule has 0 saturated carbocycles. The molecule has 0 bridgehead atoms. The summed E-state index contributed by atoms with van der Waals surface area (Å²) in [6.07, 6.45) is 1.45. The van der Waals surface area contributed by atoms with E-state index >= 15 is 0 Å². The molecule has 1 aromatic carbocycles. The largest absolute Gasteiger partial charge is 0.507 e. The highest BCUT2D eigenvalue weighted by Crippen LogP contribution is 2.37. The van der Waals surface area contributed by atoms with Crippen molar-refractivity contribution in [2.75, 3.05) is 0 Å². The van der Waals surface area contributed by atoms with E-state index in [1.165, 1.54) is 12.3 Å². The van der Waals surface area contributed by atoms with Gasteiger partial charge in [0.1, 0.15) is 11.6 Å². The highest BCUT2D eigenvalue weighted by molar-refractivity contribution is 9.10. The summed E-state index contributed by atoms with van der Waals surface area (Å²) in [6, 6.07) is 3.94. The number of furan rings is 1. The van der Waals surface area contributed by atoms with Crippen LogP contribution in [0.15, 0.2) is 33.4 Å². The van der Waals surface area contributed by atoms with Gasteiger partial charge in [0.2, 0.25) is 0 Å². The Kier molecular flexibility index (Phi) is 2.71. The molecule has 1 heterocycles. The monoisotopic (exact) mass is 290 g/mol. The molecular weight excluding hydrogens is 286 g/mol. The maximum Gasteiger partial charge on any atom is 0.151 e. The second-order valence-corrected chi connectivity index (χ2v) is 4.14. The van der Waals surface area contributed by atoms with Crippen LogP contribution in [0, 0.1) is 5.82 Å². The van der Waals surface area contributed by atoms with E-state index in [0.717, 1.165) is 6.07 Å². The van der Waals surface area contributed by atoms with Crippen LogP contribution < -0.4 is 0 Å². The van der Waals surface area contributed by atoms with E-state index in [4.69, 9.17) is 16.0 Å². The molecule has 1 N–H and O–H groups in total. The minimum absolute atomic E-state index is 0.0638. The Balaban J connectivity index is 2.64. The molecular formula is C10H5BrClFO2. The zero-order chi connectivity index (χ0) is 11.0. The predicted molar refractivity (Wildman–Crippen MR) is 58.5 cm³/mol. The van der Waals surface area contributed by atoms with Gasteiger partial charge in [-0.3, -0.25) is 0 Å². The first-order valence-electron chi connectivity index (χ1n) is 4.01. The van der Waals surface area contributed by atoms with Crippen LogP contribution >= 0.6 is 27.5 Å². The fourth-order valence-electron chi connectivity index (χ4n) is 1.20. The number of halogens is 3. The molecule has 0 spiro atoms. The van der Waals surface area contributed by atoms with Crippen molar-refractivity contribution in [3.05, 3.63) is 39.8 Å². The Bertz CT molecular complexity index is 510. The molecule has 0 radical (unpaired) electrons. The summed E-state index contributed by atoms with van der Waals surface area (Å²) >= 11 is 8.85. The number of aromatic hydroxyl groups is 1. The molecule has 0 saturated heterocycles. The molecule has 0 atom stereocenters. The van der Waals surface area contributed by atoms with Crippen molar-refractivity contribution in [2.24, 2.45) is 0 Å². The summed E-state index contributed by atoms with van der Waals surface area (Å²) in [6.45, 7) is 0. The molecule has 0 amide bonds. The average Bonchev–Trinajstić information content (AvgIpc) is 2.58. The average molecular weight is 292 g/mol. The lowest BCUT2D eigenvalue weighted by Crippen LogP contribution is -1.82. The SMILES string of the molecule is Oc1cc(F)c(Cl)cc1-c1occc1Br. The van der Waals surface area contributed by atoms with Gasteiger partial charge in [-0.25, -0.2) is 4.39 Å². The Morgan fingerprint density at radius 3 is 2.73 bits per heavy atom. The van der Waals surface area contributed by atoms with Crippen molar-refractivity contribution in [1.82, 2.24) is 0 Å². The first-order valence-corrected chi connectivity index (χ1v) is 5.18. The molecule has 2 nitrogen and oxygen atoms in total. The molecule has 5 heteroatoms. The lowest BCUT2D eigenvalue weighted by Gasteiger charge is -2.03. The van der Waals surface area contributed by atoms with Crippen molar-refractivity contribution in [2.45, 2.75) is 0 Å². The van der Waals surface area contributed by atoms with Gasteiger partial charge in [0, 0.05) is 6.07 Å². The molecule has 0 aliphatic heterocycles. The zero-order valence-electron chi connectivity index (χ0n) is 7.30. The van der Waals surface area contributed by atoms with Crippen LogP contribution in [0.2, 0.25) is 5.02 Å². The Morgan fingerprint density at radius 1 is 1.40 bits per heavy atom. The molecule has 78 valence electrons. The Labute approximate surface area is 98.4 Å². The van der Waals surface area contributed by atoms with Crippen LogP contribution in [0.3, 0.4) is 0 Å². The third-order valence-electron chi connectivity index (χ3n) is 1.90. The van der Waals surface area contributed by atoms with E-state index in [0.29, 0.717) is 15.8 Å². The van der Waals surface area contributed by atoms with Gasteiger partial charge in [-0.15, -0.1) is 0 Å². The molecule has 0 fully saturated rings. The van der Waals surface area contributed by atoms with Crippen molar-refractivity contribution in [3.8, 4) is 17.1 Å². The fourth-order valence-corrected chi connectivity index (χ4v) is 1.78. The van der Waals surface area contributed by atoms with Gasteiger partial charge in [-0.1, -0.05) is 11.6 Å². The number of phenolic OH excluding ortho intramolecular Hbond substituents is 1. The van der Waals surface area contributed by atoms with Gasteiger partial charge in [0.15, 0.2) is 5.76 Å². The highest BCUT2D eigenvalue weighted by atomic mass is 79.9. The third kappa shape index (κ3) is 1.87. The van der Waals surface area contributed by atoms with Crippen LogP contribution in [0.25, 0.3) is 11.3 Å². The van der Waals surface area contributed by atoms with Crippen molar-refractivity contribution in [3.63, 3.8) is 0 Å². The van der Waals surface area contributed by atoms with Gasteiger partial charge >= 0.3 is 0 Å². The van der Waals surface area contributed by atoms with Gasteiger partial charge in [-0.05, 0) is 28.1 Å². The van der Waals surface area contributed by atoms with Crippen molar-refractivity contribution >= 4 is 27.5 Å². The Morgan fingerprint density at radius 2 is 2.13 bits per heavy atom. The summed E-state index contributed by atoms with van der Waals surface area (Å²) in [5, 5.41) is 9.47. The fraction of sp³-hybridized carbons (Fsp3) is 0. The van der Waals surface area contributed by atoms with Crippen LogP contribution in [-0.4, -0.2) is 5.11 Å². The zero-order valence-corrected chi connectivity index (χ0v) is 9.64. The van der Waals surface area contributed by atoms with E-state index in [1.54, 1.807) is 6.07 Å². The summed E-state index contributed by atoms with van der Waals surface area (Å²) in [7, 11) is 0. The van der Waals surface area contributed by atoms with E-state index in [9.17, 15) is 9.50 Å². The summed E-state index contributed by atoms with van der Waals surface area (Å²) in [4.78, 5) is 0. The molecule has 15 heavy (non-hydrogen) atoms. The van der Waals surface area contributed by atoms with Crippen molar-refractivity contribution < 1.29 is 13.9 Å². The standard InChI is InChI=1S/C10H5BrClFO2/c11-6-1-2-15-10(6)5-3-7(12)8(13)4-9(5)14/h1-4,14H. The van der Waals surface area contributed by atoms with Crippen LogP contribution in [0.1, 0.15) is 0 Å². The highest BCUT2D eigenvalue weighted by Gasteiger charge is 2.14. The lowest BCUT2D eigenvalue weighted by atomic mass is 10.1. The van der Waals surface area contributed by atoms with E-state index in [2.05, 4.69) is 15.9 Å². The normalized spacial score (nSPS) is 10.6. The third-order valence-corrected chi connectivity index (χ3v) is 2.81. The van der Waals surface area contributed by atoms with Crippen molar-refractivity contribution in [1.29, 1.82) is 0 Å². The lowest BCUT2D eigenvalue weighted by molar-refractivity contribution is 0.467. The first-order chi connectivity index (χ1) is 7.09. The van der Waals surface area contributed by atoms with Crippen LogP contribution in [0.4, 0.5) is 4.39 Å². The second kappa shape index (κ2) is 3.87. The summed E-state index contributed by atoms with van der Waals surface area (Å²) in [5.74, 6) is -0.470.